The van der Waals surface area contributed by atoms with Crippen molar-refractivity contribution in [2.75, 3.05) is 13.1 Å². The fourth-order valence-electron chi connectivity index (χ4n) is 2.25. The van der Waals surface area contributed by atoms with Crippen LogP contribution in [0.4, 0.5) is 0 Å². The van der Waals surface area contributed by atoms with Crippen LogP contribution in [0.25, 0.3) is 0 Å². The Labute approximate surface area is 85.5 Å². The van der Waals surface area contributed by atoms with Crippen LogP contribution in [0.15, 0.2) is 12.5 Å². The Morgan fingerprint density at radius 1 is 1.64 bits per heavy atom. The maximum Gasteiger partial charge on any atom is 0.0949 e. The lowest BCUT2D eigenvalue weighted by atomic mass is 9.83. The van der Waals surface area contributed by atoms with E-state index in [4.69, 9.17) is 0 Å². The van der Waals surface area contributed by atoms with Gasteiger partial charge in [0.2, 0.25) is 0 Å². The molecular weight excluding hydrogens is 174 g/mol. The van der Waals surface area contributed by atoms with Gasteiger partial charge in [-0.3, -0.25) is 0 Å². The monoisotopic (exact) mass is 193 g/mol. The molecule has 3 heteroatoms. The molecule has 0 radical (unpaired) electrons. The van der Waals surface area contributed by atoms with E-state index in [1.54, 1.807) is 0 Å². The van der Waals surface area contributed by atoms with E-state index in [0.717, 1.165) is 18.8 Å². The quantitative estimate of drug-likeness (QED) is 0.773. The van der Waals surface area contributed by atoms with Crippen LogP contribution in [-0.4, -0.2) is 22.6 Å². The molecule has 3 nitrogen and oxygen atoms in total. The Hall–Kier alpha value is -0.830. The van der Waals surface area contributed by atoms with Gasteiger partial charge in [-0.15, -0.1) is 0 Å². The molecule has 0 amide bonds. The molecule has 1 aliphatic heterocycles. The lowest BCUT2D eigenvalue weighted by molar-refractivity contribution is 0.201. The molecule has 1 aromatic heterocycles. The van der Waals surface area contributed by atoms with Crippen molar-refractivity contribution in [2.24, 2.45) is 5.41 Å². The SMILES string of the molecule is Cc1cn(CC2(C)CCCNC2)cn1. The Kier molecular flexibility index (Phi) is 2.59. The van der Waals surface area contributed by atoms with Gasteiger partial charge in [-0.2, -0.15) is 0 Å². The van der Waals surface area contributed by atoms with Crippen molar-refractivity contribution in [1.82, 2.24) is 14.9 Å². The molecule has 1 atom stereocenters. The van der Waals surface area contributed by atoms with Crippen LogP contribution >= 0.6 is 0 Å². The molecule has 1 aliphatic rings. The van der Waals surface area contributed by atoms with Crippen LogP contribution in [-0.2, 0) is 6.54 Å². The number of nitrogens with one attached hydrogen (secondary N) is 1. The van der Waals surface area contributed by atoms with Crippen molar-refractivity contribution >= 4 is 0 Å². The first kappa shape index (κ1) is 9.71. The lowest BCUT2D eigenvalue weighted by Gasteiger charge is -2.34. The minimum Gasteiger partial charge on any atom is -0.337 e. The van der Waals surface area contributed by atoms with E-state index in [-0.39, 0.29) is 0 Å². The number of hydrogen-bond acceptors (Lipinski definition) is 2. The average molecular weight is 193 g/mol. The number of hydrogen-bond donors (Lipinski definition) is 1. The lowest BCUT2D eigenvalue weighted by Crippen LogP contribution is -2.40. The Balaban J connectivity index is 2.01. The predicted molar refractivity (Wildman–Crippen MR) is 57.2 cm³/mol. The molecular formula is C11H19N3. The Morgan fingerprint density at radius 3 is 3.07 bits per heavy atom. The summed E-state index contributed by atoms with van der Waals surface area (Å²) >= 11 is 0. The van der Waals surface area contributed by atoms with Crippen molar-refractivity contribution in [1.29, 1.82) is 0 Å². The Bertz CT molecular complexity index is 297. The first-order chi connectivity index (χ1) is 6.68. The van der Waals surface area contributed by atoms with Gasteiger partial charge in [0.15, 0.2) is 0 Å². The Morgan fingerprint density at radius 2 is 2.50 bits per heavy atom. The van der Waals surface area contributed by atoms with Crippen molar-refractivity contribution in [2.45, 2.75) is 33.2 Å². The van der Waals surface area contributed by atoms with Gasteiger partial charge < -0.3 is 9.88 Å². The molecule has 14 heavy (non-hydrogen) atoms. The van der Waals surface area contributed by atoms with Crippen LogP contribution in [0.2, 0.25) is 0 Å². The van der Waals surface area contributed by atoms with Gasteiger partial charge in [-0.05, 0) is 31.7 Å². The summed E-state index contributed by atoms with van der Waals surface area (Å²) in [7, 11) is 0. The molecule has 78 valence electrons. The molecule has 1 N–H and O–H groups in total. The minimum atomic E-state index is 0.408. The summed E-state index contributed by atoms with van der Waals surface area (Å²) in [6, 6.07) is 0. The summed E-state index contributed by atoms with van der Waals surface area (Å²) in [4.78, 5) is 4.26. The normalized spacial score (nSPS) is 27.9. The molecule has 0 bridgehead atoms. The maximum absolute atomic E-state index is 4.26. The third-order valence-electron chi connectivity index (χ3n) is 3.01. The summed E-state index contributed by atoms with van der Waals surface area (Å²) in [5, 5.41) is 3.47. The zero-order chi connectivity index (χ0) is 10.0. The molecule has 1 aromatic rings. The molecule has 0 aliphatic carbocycles. The van der Waals surface area contributed by atoms with Crippen molar-refractivity contribution in [3.8, 4) is 0 Å². The molecule has 0 spiro atoms. The van der Waals surface area contributed by atoms with Crippen LogP contribution in [0.3, 0.4) is 0 Å². The first-order valence-electron chi connectivity index (χ1n) is 5.37. The summed E-state index contributed by atoms with van der Waals surface area (Å²) < 4.78 is 2.21. The number of rotatable bonds is 2. The third-order valence-corrected chi connectivity index (χ3v) is 3.01. The second-order valence-corrected chi connectivity index (χ2v) is 4.78. The van der Waals surface area contributed by atoms with Crippen LogP contribution in [0, 0.1) is 12.3 Å². The van der Waals surface area contributed by atoms with Gasteiger partial charge in [0.25, 0.3) is 0 Å². The number of piperidine rings is 1. The van der Waals surface area contributed by atoms with Gasteiger partial charge in [0.1, 0.15) is 0 Å². The molecule has 0 aromatic carbocycles. The molecule has 1 saturated heterocycles. The zero-order valence-electron chi connectivity index (χ0n) is 9.08. The van der Waals surface area contributed by atoms with E-state index in [9.17, 15) is 0 Å². The van der Waals surface area contributed by atoms with E-state index < -0.39 is 0 Å². The van der Waals surface area contributed by atoms with E-state index >= 15 is 0 Å². The highest BCUT2D eigenvalue weighted by molar-refractivity contribution is 4.94. The topological polar surface area (TPSA) is 29.9 Å². The fraction of sp³-hybridized carbons (Fsp3) is 0.727. The van der Waals surface area contributed by atoms with Gasteiger partial charge in [0, 0.05) is 19.3 Å². The second-order valence-electron chi connectivity index (χ2n) is 4.78. The molecule has 2 heterocycles. The van der Waals surface area contributed by atoms with Crippen molar-refractivity contribution < 1.29 is 0 Å². The van der Waals surface area contributed by atoms with E-state index in [1.165, 1.54) is 19.4 Å². The molecule has 1 unspecified atom stereocenters. The van der Waals surface area contributed by atoms with Crippen molar-refractivity contribution in [3.05, 3.63) is 18.2 Å². The van der Waals surface area contributed by atoms with Crippen molar-refractivity contribution in [3.63, 3.8) is 0 Å². The predicted octanol–water partition coefficient (Wildman–Crippen LogP) is 1.58. The third kappa shape index (κ3) is 2.15. The van der Waals surface area contributed by atoms with Crippen LogP contribution in [0.1, 0.15) is 25.5 Å². The molecule has 1 fully saturated rings. The smallest absolute Gasteiger partial charge is 0.0949 e. The summed E-state index contributed by atoms with van der Waals surface area (Å²) in [6.07, 6.45) is 6.68. The number of imidazole rings is 1. The van der Waals surface area contributed by atoms with E-state index in [0.29, 0.717) is 5.41 Å². The number of nitrogens with zero attached hydrogens (tertiary/aromatic N) is 2. The van der Waals surface area contributed by atoms with Gasteiger partial charge in [-0.25, -0.2) is 4.98 Å². The van der Waals surface area contributed by atoms with E-state index in [2.05, 4.69) is 28.0 Å². The summed E-state index contributed by atoms with van der Waals surface area (Å²) in [5.41, 5.74) is 1.52. The number of aromatic nitrogens is 2. The molecule has 0 saturated carbocycles. The van der Waals surface area contributed by atoms with Gasteiger partial charge >= 0.3 is 0 Å². The zero-order valence-corrected chi connectivity index (χ0v) is 9.08. The van der Waals surface area contributed by atoms with Gasteiger partial charge in [0.05, 0.1) is 12.0 Å². The second kappa shape index (κ2) is 3.73. The standard InChI is InChI=1S/C11H19N3/c1-10-6-14(9-13-10)8-11(2)4-3-5-12-7-11/h6,9,12H,3-5,7-8H2,1-2H3. The van der Waals surface area contributed by atoms with Crippen LogP contribution in [0.5, 0.6) is 0 Å². The van der Waals surface area contributed by atoms with Crippen LogP contribution < -0.4 is 5.32 Å². The van der Waals surface area contributed by atoms with E-state index in [1.807, 2.05) is 13.3 Å². The summed E-state index contributed by atoms with van der Waals surface area (Å²) in [5.74, 6) is 0. The largest absolute Gasteiger partial charge is 0.337 e. The molecule has 2 rings (SSSR count). The first-order valence-corrected chi connectivity index (χ1v) is 5.37. The summed E-state index contributed by atoms with van der Waals surface area (Å²) in [6.45, 7) is 7.79. The van der Waals surface area contributed by atoms with Gasteiger partial charge in [-0.1, -0.05) is 6.92 Å². The highest BCUT2D eigenvalue weighted by atomic mass is 15.0. The number of aryl methyl sites for hydroxylation is 1. The highest BCUT2D eigenvalue weighted by Gasteiger charge is 2.26. The fourth-order valence-corrected chi connectivity index (χ4v) is 2.25. The minimum absolute atomic E-state index is 0.408. The highest BCUT2D eigenvalue weighted by Crippen LogP contribution is 2.27. The average Bonchev–Trinajstić information content (AvgIpc) is 2.51. The maximum atomic E-state index is 4.26.